The molecule has 0 fully saturated rings. The zero-order chi connectivity index (χ0) is 29.7. The molecule has 2 atom stereocenters. The Labute approximate surface area is 243 Å². The van der Waals surface area contributed by atoms with Gasteiger partial charge < -0.3 is 18.5 Å². The quantitative estimate of drug-likeness (QED) is 0.0478. The van der Waals surface area contributed by atoms with Gasteiger partial charge in [-0.1, -0.05) is 95.4 Å². The van der Waals surface area contributed by atoms with E-state index in [1.807, 2.05) is 36.4 Å². The standard InChI is InChI=1S/C30H53O8PS/c1-6-7-8-9-10-11-12-13-14-15-16-17-18-19-29(37-26-27-20-22-28(34-2)23-21-27)30(38-40(5,32)33)24-25-39(31,35-3)36-4/h18-23,29-30H,6-17,24-26H2,1-5H3/b19-18+/t29-,30-/m1/s1. The molecular weight excluding hydrogens is 551 g/mol. The van der Waals surface area contributed by atoms with Crippen LogP contribution in [-0.4, -0.2) is 54.4 Å². The van der Waals surface area contributed by atoms with Crippen LogP contribution in [0.1, 0.15) is 96.0 Å². The fourth-order valence-corrected chi connectivity index (χ4v) is 6.13. The molecular formula is C30H53O8PS. The molecule has 1 rings (SSSR count). The average Bonchev–Trinajstić information content (AvgIpc) is 2.94. The van der Waals surface area contributed by atoms with Crippen LogP contribution in [0.3, 0.4) is 0 Å². The van der Waals surface area contributed by atoms with Crippen molar-refractivity contribution < 1.29 is 35.7 Å². The Balaban J connectivity index is 2.73. The molecule has 0 aliphatic carbocycles. The van der Waals surface area contributed by atoms with Gasteiger partial charge in [0, 0.05) is 14.2 Å². The van der Waals surface area contributed by atoms with Gasteiger partial charge >= 0.3 is 7.60 Å². The molecule has 0 heterocycles. The summed E-state index contributed by atoms with van der Waals surface area (Å²) < 4.78 is 63.7. The van der Waals surface area contributed by atoms with Crippen molar-refractivity contribution in [2.75, 3.05) is 33.7 Å². The van der Waals surface area contributed by atoms with Gasteiger partial charge in [-0.2, -0.15) is 8.42 Å². The highest BCUT2D eigenvalue weighted by molar-refractivity contribution is 7.86. The first-order chi connectivity index (χ1) is 19.2. The van der Waals surface area contributed by atoms with E-state index in [2.05, 4.69) is 6.92 Å². The van der Waals surface area contributed by atoms with E-state index in [4.69, 9.17) is 22.7 Å². The third-order valence-electron chi connectivity index (χ3n) is 6.81. The van der Waals surface area contributed by atoms with Gasteiger partial charge in [-0.05, 0) is 37.0 Å². The van der Waals surface area contributed by atoms with E-state index < -0.39 is 29.9 Å². The Bertz CT molecular complexity index is 941. The highest BCUT2D eigenvalue weighted by Crippen LogP contribution is 2.47. The minimum atomic E-state index is -3.80. The van der Waals surface area contributed by atoms with Crippen molar-refractivity contribution in [1.82, 2.24) is 0 Å². The molecule has 0 unspecified atom stereocenters. The third kappa shape index (κ3) is 17.6. The van der Waals surface area contributed by atoms with Crippen LogP contribution in [0, 0.1) is 0 Å². The lowest BCUT2D eigenvalue weighted by molar-refractivity contribution is -0.00553. The number of benzene rings is 1. The molecule has 0 amide bonds. The van der Waals surface area contributed by atoms with Crippen LogP contribution in [0.25, 0.3) is 0 Å². The maximum atomic E-state index is 12.6. The highest BCUT2D eigenvalue weighted by atomic mass is 32.2. The first kappa shape index (κ1) is 36.8. The van der Waals surface area contributed by atoms with Crippen LogP contribution < -0.4 is 4.74 Å². The molecule has 0 aliphatic rings. The van der Waals surface area contributed by atoms with Crippen LogP contribution in [0.2, 0.25) is 0 Å². The van der Waals surface area contributed by atoms with Gasteiger partial charge in [0.2, 0.25) is 0 Å². The normalized spacial score (nSPS) is 14.0. The highest BCUT2D eigenvalue weighted by Gasteiger charge is 2.30. The summed E-state index contributed by atoms with van der Waals surface area (Å²) in [4.78, 5) is 0. The second-order valence-electron chi connectivity index (χ2n) is 10.2. The van der Waals surface area contributed by atoms with E-state index in [1.54, 1.807) is 7.11 Å². The first-order valence-corrected chi connectivity index (χ1v) is 18.2. The maximum absolute atomic E-state index is 12.6. The third-order valence-corrected chi connectivity index (χ3v) is 9.33. The number of methoxy groups -OCH3 is 1. The molecule has 0 radical (unpaired) electrons. The predicted molar refractivity (Wildman–Crippen MR) is 163 cm³/mol. The van der Waals surface area contributed by atoms with Crippen LogP contribution in [0.15, 0.2) is 36.4 Å². The smallest absolute Gasteiger partial charge is 0.330 e. The second-order valence-corrected chi connectivity index (χ2v) is 14.2. The SMILES string of the molecule is CCCCCCCCCCCCC/C=C/[C@@H](OCc1ccc(OC)cc1)[C@@H](CCP(=O)(OC)OC)OS(C)(=O)=O. The lowest BCUT2D eigenvalue weighted by Gasteiger charge is -2.25. The molecule has 40 heavy (non-hydrogen) atoms. The van der Waals surface area contributed by atoms with Crippen molar-refractivity contribution in [3.05, 3.63) is 42.0 Å². The topological polar surface area (TPSA) is 97.4 Å². The molecule has 1 aromatic rings. The summed E-state index contributed by atoms with van der Waals surface area (Å²) >= 11 is 0. The van der Waals surface area contributed by atoms with Gasteiger partial charge in [-0.3, -0.25) is 8.75 Å². The van der Waals surface area contributed by atoms with Crippen LogP contribution >= 0.6 is 7.60 Å². The maximum Gasteiger partial charge on any atom is 0.330 e. The molecule has 10 heteroatoms. The fraction of sp³-hybridized carbons (Fsp3) is 0.733. The van der Waals surface area contributed by atoms with E-state index in [0.717, 1.165) is 36.8 Å². The summed E-state index contributed by atoms with van der Waals surface area (Å²) in [5, 5.41) is 0. The van der Waals surface area contributed by atoms with E-state index in [1.165, 1.54) is 72.0 Å². The Morgan fingerprint density at radius 1 is 0.850 bits per heavy atom. The minimum Gasteiger partial charge on any atom is -0.497 e. The second kappa shape index (κ2) is 21.5. The minimum absolute atomic E-state index is 0.00493. The predicted octanol–water partition coefficient (Wildman–Crippen LogP) is 8.06. The number of hydrogen-bond acceptors (Lipinski definition) is 8. The molecule has 0 saturated heterocycles. The number of allylic oxidation sites excluding steroid dienone is 1. The van der Waals surface area contributed by atoms with E-state index >= 15 is 0 Å². The molecule has 0 bridgehead atoms. The van der Waals surface area contributed by atoms with E-state index in [9.17, 15) is 13.0 Å². The van der Waals surface area contributed by atoms with Crippen molar-refractivity contribution in [2.45, 2.75) is 109 Å². The summed E-state index contributed by atoms with van der Waals surface area (Å²) in [6.45, 7) is 2.49. The first-order valence-electron chi connectivity index (χ1n) is 14.7. The van der Waals surface area contributed by atoms with Crippen molar-refractivity contribution in [3.63, 3.8) is 0 Å². The van der Waals surface area contributed by atoms with Crippen molar-refractivity contribution >= 4 is 17.7 Å². The van der Waals surface area contributed by atoms with Gasteiger partial charge in [-0.15, -0.1) is 0 Å². The zero-order valence-corrected chi connectivity index (χ0v) is 27.1. The summed E-state index contributed by atoms with van der Waals surface area (Å²) in [5.41, 5.74) is 0.905. The van der Waals surface area contributed by atoms with E-state index in [-0.39, 0.29) is 19.2 Å². The lowest BCUT2D eigenvalue weighted by Crippen LogP contribution is -2.33. The summed E-state index contributed by atoms with van der Waals surface area (Å²) in [6, 6.07) is 7.46. The summed E-state index contributed by atoms with van der Waals surface area (Å²) in [6.07, 6.45) is 18.4. The Kier molecular flexibility index (Phi) is 19.8. The van der Waals surface area contributed by atoms with Gasteiger partial charge in [0.1, 0.15) is 18.0 Å². The molecule has 1 aromatic carbocycles. The van der Waals surface area contributed by atoms with Gasteiger partial charge in [-0.25, -0.2) is 0 Å². The number of ether oxygens (including phenoxy) is 2. The average molecular weight is 605 g/mol. The largest absolute Gasteiger partial charge is 0.497 e. The molecule has 8 nitrogen and oxygen atoms in total. The number of unbranched alkanes of at least 4 members (excludes halogenated alkanes) is 11. The van der Waals surface area contributed by atoms with Crippen molar-refractivity contribution in [3.8, 4) is 5.75 Å². The molecule has 0 saturated carbocycles. The van der Waals surface area contributed by atoms with Crippen molar-refractivity contribution in [2.24, 2.45) is 0 Å². The van der Waals surface area contributed by atoms with Crippen LogP contribution in [0.5, 0.6) is 5.75 Å². The van der Waals surface area contributed by atoms with Crippen LogP contribution in [0.4, 0.5) is 0 Å². The Morgan fingerprint density at radius 2 is 1.40 bits per heavy atom. The van der Waals surface area contributed by atoms with Crippen LogP contribution in [-0.2, 0) is 39.3 Å². The lowest BCUT2D eigenvalue weighted by atomic mass is 10.0. The monoisotopic (exact) mass is 604 g/mol. The fourth-order valence-electron chi connectivity index (χ4n) is 4.39. The number of rotatable bonds is 25. The Morgan fingerprint density at radius 3 is 1.90 bits per heavy atom. The summed E-state index contributed by atoms with van der Waals surface area (Å²) in [5.74, 6) is 0.736. The van der Waals surface area contributed by atoms with Gasteiger partial charge in [0.25, 0.3) is 10.1 Å². The van der Waals surface area contributed by atoms with E-state index in [0.29, 0.717) is 0 Å². The molecule has 0 spiro atoms. The molecule has 0 N–H and O–H groups in total. The van der Waals surface area contributed by atoms with Crippen molar-refractivity contribution in [1.29, 1.82) is 0 Å². The zero-order valence-electron chi connectivity index (χ0n) is 25.3. The molecule has 0 aliphatic heterocycles. The Hall–Kier alpha value is -1.22. The molecule has 0 aromatic heterocycles. The summed E-state index contributed by atoms with van der Waals surface area (Å²) in [7, 11) is -2.94. The van der Waals surface area contributed by atoms with Gasteiger partial charge in [0.05, 0.1) is 26.1 Å². The van der Waals surface area contributed by atoms with Gasteiger partial charge in [0.15, 0.2) is 0 Å². The number of hydrogen-bond donors (Lipinski definition) is 0. The molecule has 232 valence electrons.